The van der Waals surface area contributed by atoms with Crippen LogP contribution in [0.1, 0.15) is 17.3 Å². The number of hydrogen-bond donors (Lipinski definition) is 3. The fourth-order valence-corrected chi connectivity index (χ4v) is 2.65. The highest BCUT2D eigenvalue weighted by atomic mass is 32.2. The number of aromatic amines is 1. The summed E-state index contributed by atoms with van der Waals surface area (Å²) in [7, 11) is -4.10. The van der Waals surface area contributed by atoms with E-state index < -0.39 is 26.6 Å². The van der Waals surface area contributed by atoms with Crippen LogP contribution in [0.3, 0.4) is 0 Å². The number of aromatic carboxylic acids is 1. The Hall–Kier alpha value is -2.62. The number of ether oxygens (including phenoxy) is 1. The lowest BCUT2D eigenvalue weighted by molar-refractivity contribution is 0.0692. The number of hydrogen-bond acceptors (Lipinski definition) is 6. The number of carboxylic acid groups (broad SMARTS) is 1. The van der Waals surface area contributed by atoms with Gasteiger partial charge in [-0.05, 0) is 13.0 Å². The third-order valence-corrected chi connectivity index (χ3v) is 3.74. The molecule has 2 rings (SSSR count). The first-order chi connectivity index (χ1) is 9.94. The maximum Gasteiger partial charge on any atom is 0.340 e. The Bertz CT molecular complexity index is 738. The number of nitrogens with zero attached hydrogens (tertiary/aromatic N) is 2. The molecule has 112 valence electrons. The number of nitrogens with one attached hydrogen (secondary N) is 2. The van der Waals surface area contributed by atoms with Gasteiger partial charge >= 0.3 is 5.97 Å². The van der Waals surface area contributed by atoms with Crippen LogP contribution in [0.4, 0.5) is 5.69 Å². The van der Waals surface area contributed by atoms with E-state index in [0.29, 0.717) is 12.5 Å². The fourth-order valence-electron chi connectivity index (χ4n) is 1.51. The van der Waals surface area contributed by atoms with E-state index in [1.54, 1.807) is 6.92 Å². The monoisotopic (exact) mass is 312 g/mol. The van der Waals surface area contributed by atoms with E-state index in [4.69, 9.17) is 9.84 Å². The van der Waals surface area contributed by atoms with Gasteiger partial charge in [-0.1, -0.05) is 0 Å². The van der Waals surface area contributed by atoms with Crippen molar-refractivity contribution in [2.75, 3.05) is 11.3 Å². The van der Waals surface area contributed by atoms with Crippen molar-refractivity contribution in [2.45, 2.75) is 11.9 Å². The van der Waals surface area contributed by atoms with Crippen LogP contribution in [0.2, 0.25) is 0 Å². The number of carboxylic acids is 1. The topological polar surface area (TPSA) is 134 Å². The van der Waals surface area contributed by atoms with E-state index in [2.05, 4.69) is 19.9 Å². The van der Waals surface area contributed by atoms with Crippen molar-refractivity contribution in [3.63, 3.8) is 0 Å². The molecule has 0 aliphatic rings. The lowest BCUT2D eigenvalue weighted by Gasteiger charge is -2.07. The molecule has 0 aromatic carbocycles. The first-order valence-corrected chi connectivity index (χ1v) is 7.30. The van der Waals surface area contributed by atoms with Crippen LogP contribution >= 0.6 is 0 Å². The Morgan fingerprint density at radius 1 is 1.43 bits per heavy atom. The largest absolute Gasteiger partial charge is 0.478 e. The van der Waals surface area contributed by atoms with Crippen LogP contribution in [0, 0.1) is 0 Å². The molecule has 0 amide bonds. The van der Waals surface area contributed by atoms with Crippen molar-refractivity contribution in [1.29, 1.82) is 0 Å². The van der Waals surface area contributed by atoms with Gasteiger partial charge in [-0.2, -0.15) is 13.5 Å². The summed E-state index contributed by atoms with van der Waals surface area (Å²) in [6.45, 7) is 2.23. The molecule has 0 fully saturated rings. The van der Waals surface area contributed by atoms with Gasteiger partial charge in [0.2, 0.25) is 5.88 Å². The van der Waals surface area contributed by atoms with Gasteiger partial charge in [0.25, 0.3) is 10.0 Å². The molecule has 0 spiro atoms. The second kappa shape index (κ2) is 5.79. The van der Waals surface area contributed by atoms with Crippen LogP contribution in [-0.2, 0) is 10.0 Å². The van der Waals surface area contributed by atoms with Gasteiger partial charge in [0.1, 0.15) is 5.56 Å². The molecule has 0 atom stereocenters. The summed E-state index contributed by atoms with van der Waals surface area (Å²) in [6.07, 6.45) is 2.19. The number of H-pyrrole nitrogens is 1. The standard InChI is InChI=1S/C11H12N4O5S/c1-2-20-9-4-3-7(5-12-9)15-21(18,19)10-8(11(16)17)6-13-14-10/h3-6,15H,2H2,1H3,(H,13,14)(H,16,17). The van der Waals surface area contributed by atoms with Gasteiger partial charge in [-0.3, -0.25) is 9.82 Å². The molecule has 0 radical (unpaired) electrons. The number of sulfonamides is 1. The van der Waals surface area contributed by atoms with Crippen LogP contribution in [0.25, 0.3) is 0 Å². The van der Waals surface area contributed by atoms with Crippen molar-refractivity contribution in [3.05, 3.63) is 30.1 Å². The van der Waals surface area contributed by atoms with E-state index in [0.717, 1.165) is 6.20 Å². The summed E-state index contributed by atoms with van der Waals surface area (Å²) in [5.41, 5.74) is -0.272. The van der Waals surface area contributed by atoms with Crippen molar-refractivity contribution >= 4 is 21.7 Å². The van der Waals surface area contributed by atoms with Crippen LogP contribution in [0.5, 0.6) is 5.88 Å². The lowest BCUT2D eigenvalue weighted by Crippen LogP contribution is -2.16. The summed E-state index contributed by atoms with van der Waals surface area (Å²) in [5.74, 6) is -1.04. The molecule has 2 heterocycles. The van der Waals surface area contributed by atoms with Crippen molar-refractivity contribution in [2.24, 2.45) is 0 Å². The van der Waals surface area contributed by atoms with Crippen LogP contribution in [0.15, 0.2) is 29.6 Å². The lowest BCUT2D eigenvalue weighted by atomic mass is 10.4. The molecule has 0 unspecified atom stereocenters. The Morgan fingerprint density at radius 2 is 2.19 bits per heavy atom. The SMILES string of the molecule is CCOc1ccc(NS(=O)(=O)c2[nH]ncc2C(=O)O)cn1. The molecule has 2 aromatic rings. The van der Waals surface area contributed by atoms with Gasteiger partial charge in [0, 0.05) is 6.07 Å². The molecule has 0 bridgehead atoms. The van der Waals surface area contributed by atoms with E-state index >= 15 is 0 Å². The molecular weight excluding hydrogens is 300 g/mol. The van der Waals surface area contributed by atoms with Crippen molar-refractivity contribution < 1.29 is 23.1 Å². The molecule has 10 heteroatoms. The molecule has 0 aliphatic heterocycles. The number of rotatable bonds is 6. The Morgan fingerprint density at radius 3 is 2.76 bits per heavy atom. The molecule has 3 N–H and O–H groups in total. The molecular formula is C11H12N4O5S. The number of anilines is 1. The minimum atomic E-state index is -4.10. The molecule has 21 heavy (non-hydrogen) atoms. The Balaban J connectivity index is 2.25. The van der Waals surface area contributed by atoms with Gasteiger partial charge in [0.05, 0.1) is 24.7 Å². The number of aromatic nitrogens is 3. The number of pyridine rings is 1. The number of carbonyl (C=O) groups is 1. The summed E-state index contributed by atoms with van der Waals surface area (Å²) in [4.78, 5) is 14.8. The van der Waals surface area contributed by atoms with Crippen LogP contribution in [-0.4, -0.2) is 41.3 Å². The van der Waals surface area contributed by atoms with Crippen molar-refractivity contribution in [3.8, 4) is 5.88 Å². The van der Waals surface area contributed by atoms with Gasteiger partial charge in [0.15, 0.2) is 5.03 Å². The van der Waals surface area contributed by atoms with E-state index in [9.17, 15) is 13.2 Å². The summed E-state index contributed by atoms with van der Waals surface area (Å²) in [5, 5.41) is 14.0. The van der Waals surface area contributed by atoms with Gasteiger partial charge in [-0.15, -0.1) is 0 Å². The summed E-state index contributed by atoms with van der Waals surface area (Å²) >= 11 is 0. The Kier molecular flexibility index (Phi) is 4.08. The highest BCUT2D eigenvalue weighted by molar-refractivity contribution is 7.92. The zero-order valence-corrected chi connectivity index (χ0v) is 11.7. The second-order valence-corrected chi connectivity index (χ2v) is 5.46. The van der Waals surface area contributed by atoms with E-state index in [1.165, 1.54) is 18.3 Å². The first kappa shape index (κ1) is 14.8. The average Bonchev–Trinajstić information content (AvgIpc) is 2.91. The van der Waals surface area contributed by atoms with Crippen LogP contribution < -0.4 is 9.46 Å². The third-order valence-electron chi connectivity index (χ3n) is 2.38. The van der Waals surface area contributed by atoms with Gasteiger partial charge in [-0.25, -0.2) is 9.78 Å². The molecule has 0 aliphatic carbocycles. The smallest absolute Gasteiger partial charge is 0.340 e. The maximum absolute atomic E-state index is 12.1. The fraction of sp³-hybridized carbons (Fsp3) is 0.182. The molecule has 0 saturated heterocycles. The zero-order valence-electron chi connectivity index (χ0n) is 10.9. The first-order valence-electron chi connectivity index (χ1n) is 5.82. The van der Waals surface area contributed by atoms with E-state index in [-0.39, 0.29) is 5.69 Å². The average molecular weight is 312 g/mol. The molecule has 9 nitrogen and oxygen atoms in total. The minimum Gasteiger partial charge on any atom is -0.478 e. The summed E-state index contributed by atoms with van der Waals surface area (Å²) < 4.78 is 31.5. The maximum atomic E-state index is 12.1. The second-order valence-electron chi connectivity index (χ2n) is 3.84. The predicted octanol–water partition coefficient (Wildman–Crippen LogP) is 0.702. The summed E-state index contributed by atoms with van der Waals surface area (Å²) in [6, 6.07) is 2.94. The molecule has 2 aromatic heterocycles. The predicted molar refractivity (Wildman–Crippen MR) is 71.8 cm³/mol. The molecule has 0 saturated carbocycles. The third kappa shape index (κ3) is 3.28. The van der Waals surface area contributed by atoms with Crippen molar-refractivity contribution in [1.82, 2.24) is 15.2 Å². The minimum absolute atomic E-state index is 0.171. The normalized spacial score (nSPS) is 11.1. The quantitative estimate of drug-likeness (QED) is 0.714. The van der Waals surface area contributed by atoms with E-state index in [1.807, 2.05) is 0 Å². The highest BCUT2D eigenvalue weighted by Crippen LogP contribution is 2.18. The van der Waals surface area contributed by atoms with Gasteiger partial charge < -0.3 is 9.84 Å². The highest BCUT2D eigenvalue weighted by Gasteiger charge is 2.24. The Labute approximate surface area is 120 Å². The zero-order chi connectivity index (χ0) is 15.5.